The number of aliphatic hydroxyl groups excluding tert-OH is 2. The average molecular weight is 1230 g/mol. The predicted octanol–water partition coefficient (Wildman–Crippen LogP) is 4.00. The number of esters is 1. The maximum Gasteiger partial charge on any atom is 0.329 e. The fourth-order valence-electron chi connectivity index (χ4n) is 11.1. The molecule has 23 heteroatoms. The van der Waals surface area contributed by atoms with Gasteiger partial charge in [-0.15, -0.1) is 0 Å². The second-order valence-corrected chi connectivity index (χ2v) is 24.8. The quantitative estimate of drug-likeness (QED) is 0.0434. The summed E-state index contributed by atoms with van der Waals surface area (Å²) in [5, 5.41) is 37.4. The normalized spacial score (nSPS) is 24.1. The molecule has 3 rings (SSSR count). The van der Waals surface area contributed by atoms with Gasteiger partial charge in [0.15, 0.2) is 23.1 Å². The van der Waals surface area contributed by atoms with Crippen molar-refractivity contribution in [2.24, 2.45) is 64.9 Å². The van der Waals surface area contributed by atoms with E-state index in [1.165, 1.54) is 20.8 Å². The van der Waals surface area contributed by atoms with Crippen molar-refractivity contribution in [2.45, 2.75) is 221 Å². The van der Waals surface area contributed by atoms with E-state index >= 15 is 0 Å². The minimum atomic E-state index is -1.62. The molecule has 1 aliphatic heterocycles. The van der Waals surface area contributed by atoms with Crippen LogP contribution in [0.5, 0.6) is 0 Å². The Labute approximate surface area is 512 Å². The van der Waals surface area contributed by atoms with E-state index in [9.17, 15) is 72.1 Å². The lowest BCUT2D eigenvalue weighted by molar-refractivity contribution is -0.157. The molecule has 1 aromatic rings. The van der Waals surface area contributed by atoms with Crippen molar-refractivity contribution in [3.63, 3.8) is 0 Å². The monoisotopic (exact) mass is 1230 g/mol. The number of aliphatic hydroxyl groups is 2. The standard InChI is InChI=1S/C64H100FN7O15/c1-13-34(6)46(30-48(75)47(23-24-52(66)79)67-59(82)43(32-73)28-50(77)53(35(7)14-2)68-58(81)42(17-5)27-41-21-19-18-20-22-41)61(84)69-54(36(8)15-3)51(78)29-44(33-74)60(83)70-56-40(12)87-62(85)55(37(9)16-4)71-63(86)64(31-45(64)26-39(11)65)72-57(80)38(10)25-49(56)76/h18-22,34-40,42-47,53-56,73-74H,13-17,23-33H2,1-12H3,(H2,66,79)(H,67,82)(H,68,81)(H,69,84)(H,70,83)(H,71,86)(H,72,80)/t34-,35-,36-,37-,38+,39?,40-,42+,43-,44-,45?,46+,47+,53-,54-,55-,56+,64?/m0/s1. The third kappa shape index (κ3) is 21.7. The van der Waals surface area contributed by atoms with Gasteiger partial charge in [0, 0.05) is 49.9 Å². The van der Waals surface area contributed by atoms with Gasteiger partial charge < -0.3 is 52.6 Å². The number of Topliss-reactive ketones (excluding diaryl/α,β-unsaturated/α-hetero) is 4. The zero-order valence-corrected chi connectivity index (χ0v) is 53.2. The molecule has 0 bridgehead atoms. The van der Waals surface area contributed by atoms with Crippen molar-refractivity contribution < 1.29 is 76.9 Å². The molecule has 3 unspecified atom stereocenters. The van der Waals surface area contributed by atoms with Crippen LogP contribution in [0.15, 0.2) is 30.3 Å². The topological polar surface area (TPSA) is 353 Å². The second kappa shape index (κ2) is 35.5. The molecule has 0 radical (unpaired) electrons. The Bertz CT molecular complexity index is 2550. The summed E-state index contributed by atoms with van der Waals surface area (Å²) in [6.45, 7) is 18.2. The van der Waals surface area contributed by atoms with E-state index in [0.717, 1.165) is 5.56 Å². The molecule has 2 fully saturated rings. The molecule has 488 valence electrons. The largest absolute Gasteiger partial charge is 0.458 e. The number of primary amides is 1. The first-order valence-electron chi connectivity index (χ1n) is 31.3. The molecule has 1 saturated heterocycles. The molecule has 0 aromatic heterocycles. The van der Waals surface area contributed by atoms with Gasteiger partial charge in [-0.2, -0.15) is 0 Å². The lowest BCUT2D eigenvalue weighted by atomic mass is 9.83. The minimum absolute atomic E-state index is 0.0466. The number of rotatable bonds is 35. The number of carbonyl (C=O) groups excluding carboxylic acids is 12. The number of alkyl halides is 1. The average Bonchev–Trinajstić information content (AvgIpc) is 1.74. The maximum absolute atomic E-state index is 14.5. The van der Waals surface area contributed by atoms with E-state index in [1.54, 1.807) is 48.5 Å². The first kappa shape index (κ1) is 74.8. The molecule has 7 amide bonds. The van der Waals surface area contributed by atoms with E-state index in [1.807, 2.05) is 44.2 Å². The van der Waals surface area contributed by atoms with Gasteiger partial charge in [0.2, 0.25) is 41.4 Å². The van der Waals surface area contributed by atoms with Gasteiger partial charge in [0.25, 0.3) is 0 Å². The SMILES string of the molecule is CC[C@H](Cc1ccccc1)C(=O)N[C@H](C(=O)C[C@@H](CO)C(=O)N[C@H](CCC(N)=O)C(=O)C[C@@H](C(=O)N[C@H](C(=O)C[C@@H](CO)C(=O)N[C@H]1C(=O)C[C@@H](C)C(=O)NC2(CC2CC(C)F)C(=O)N[C@@H]([C@@H](C)CC)C(=O)O[C@H]1C)[C@@H](C)CC)[C@@H](C)CC)[C@@H](C)CC. The number of carbonyl (C=O) groups is 12. The van der Waals surface area contributed by atoms with Crippen molar-refractivity contribution in [3.8, 4) is 0 Å². The number of cyclic esters (lactones) is 1. The van der Waals surface area contributed by atoms with Crippen molar-refractivity contribution in [1.29, 1.82) is 0 Å². The predicted molar refractivity (Wildman–Crippen MR) is 322 cm³/mol. The number of halogens is 1. The number of benzene rings is 1. The van der Waals surface area contributed by atoms with Gasteiger partial charge in [-0.05, 0) is 81.1 Å². The molecule has 18 atom stereocenters. The van der Waals surface area contributed by atoms with Crippen molar-refractivity contribution >= 4 is 70.5 Å². The minimum Gasteiger partial charge on any atom is -0.458 e. The second-order valence-electron chi connectivity index (χ2n) is 24.8. The van der Waals surface area contributed by atoms with Crippen LogP contribution in [0.1, 0.15) is 172 Å². The Morgan fingerprint density at radius 3 is 1.75 bits per heavy atom. The summed E-state index contributed by atoms with van der Waals surface area (Å²) in [6.07, 6.45) is -3.05. The third-order valence-corrected chi connectivity index (χ3v) is 18.0. The summed E-state index contributed by atoms with van der Waals surface area (Å²) in [7, 11) is 0. The summed E-state index contributed by atoms with van der Waals surface area (Å²) in [4.78, 5) is 167. The Kier molecular flexibility index (Phi) is 30.5. The van der Waals surface area contributed by atoms with Crippen LogP contribution in [0.2, 0.25) is 0 Å². The van der Waals surface area contributed by atoms with Crippen LogP contribution in [0.3, 0.4) is 0 Å². The molecule has 1 heterocycles. The van der Waals surface area contributed by atoms with Crippen LogP contribution >= 0.6 is 0 Å². The van der Waals surface area contributed by atoms with E-state index < -0.39 is 205 Å². The number of hydrogen-bond donors (Lipinski definition) is 9. The van der Waals surface area contributed by atoms with Crippen molar-refractivity contribution in [3.05, 3.63) is 35.9 Å². The summed E-state index contributed by atoms with van der Waals surface area (Å²) in [6, 6.07) is 2.80. The summed E-state index contributed by atoms with van der Waals surface area (Å²) in [5.74, 6) is -16.9. The molecule has 1 saturated carbocycles. The third-order valence-electron chi connectivity index (χ3n) is 18.0. The number of nitrogens with one attached hydrogen (secondary N) is 6. The number of nitrogens with two attached hydrogens (primary N) is 1. The van der Waals surface area contributed by atoms with Crippen LogP contribution in [0.25, 0.3) is 0 Å². The van der Waals surface area contributed by atoms with Crippen molar-refractivity contribution in [2.75, 3.05) is 13.2 Å². The lowest BCUT2D eigenvalue weighted by Crippen LogP contribution is -2.57. The highest BCUT2D eigenvalue weighted by Crippen LogP contribution is 2.48. The highest BCUT2D eigenvalue weighted by molar-refractivity contribution is 6.01. The van der Waals surface area contributed by atoms with Crippen LogP contribution in [0.4, 0.5) is 4.39 Å². The van der Waals surface area contributed by atoms with Gasteiger partial charge in [-0.1, -0.05) is 125 Å². The molecule has 87 heavy (non-hydrogen) atoms. The van der Waals surface area contributed by atoms with Gasteiger partial charge in [0.05, 0.1) is 49.3 Å². The van der Waals surface area contributed by atoms with E-state index in [4.69, 9.17) is 10.5 Å². The molecule has 1 aliphatic carbocycles. The van der Waals surface area contributed by atoms with Crippen LogP contribution in [0, 0.1) is 59.2 Å². The number of ketones is 4. The molecule has 10 N–H and O–H groups in total. The fourth-order valence-corrected chi connectivity index (χ4v) is 11.1. The number of amides is 7. The molecule has 22 nitrogen and oxygen atoms in total. The summed E-state index contributed by atoms with van der Waals surface area (Å²) >= 11 is 0. The smallest absolute Gasteiger partial charge is 0.329 e. The van der Waals surface area contributed by atoms with E-state index in [2.05, 4.69) is 31.9 Å². The maximum atomic E-state index is 14.5. The van der Waals surface area contributed by atoms with Gasteiger partial charge >= 0.3 is 5.97 Å². The Morgan fingerprint density at radius 1 is 0.701 bits per heavy atom. The zero-order valence-electron chi connectivity index (χ0n) is 53.2. The molecule has 1 aromatic carbocycles. The highest BCUT2D eigenvalue weighted by atomic mass is 19.1. The number of ether oxygens (including phenoxy) is 1. The van der Waals surface area contributed by atoms with Gasteiger partial charge in [0.1, 0.15) is 23.7 Å². The van der Waals surface area contributed by atoms with Gasteiger partial charge in [-0.3, -0.25) is 52.7 Å². The van der Waals surface area contributed by atoms with Crippen LogP contribution in [-0.2, 0) is 68.7 Å². The Morgan fingerprint density at radius 2 is 1.24 bits per heavy atom. The fraction of sp³-hybridized carbons (Fsp3) is 0.719. The van der Waals surface area contributed by atoms with Crippen LogP contribution in [-0.4, -0.2) is 142 Å². The van der Waals surface area contributed by atoms with Gasteiger partial charge in [-0.25, -0.2) is 9.18 Å². The number of hydrogen-bond acceptors (Lipinski definition) is 15. The summed E-state index contributed by atoms with van der Waals surface area (Å²) < 4.78 is 20.0. The van der Waals surface area contributed by atoms with Crippen molar-refractivity contribution in [1.82, 2.24) is 31.9 Å². The molecular formula is C64H100FN7O15. The first-order valence-corrected chi connectivity index (χ1v) is 31.3. The summed E-state index contributed by atoms with van der Waals surface area (Å²) in [5.41, 5.74) is 4.90. The lowest BCUT2D eigenvalue weighted by Gasteiger charge is -2.30. The molecule has 2 aliphatic rings. The van der Waals surface area contributed by atoms with Crippen LogP contribution < -0.4 is 37.6 Å². The molecular weight excluding hydrogens is 1130 g/mol. The Hall–Kier alpha value is -6.49. The zero-order chi connectivity index (χ0) is 65.6. The highest BCUT2D eigenvalue weighted by Gasteiger charge is 2.62. The molecule has 1 spiro atoms. The van der Waals surface area contributed by atoms with E-state index in [-0.39, 0.29) is 37.5 Å². The first-order chi connectivity index (χ1) is 41.0. The Balaban J connectivity index is 1.85. The van der Waals surface area contributed by atoms with E-state index in [0.29, 0.717) is 38.5 Å².